The van der Waals surface area contributed by atoms with Crippen LogP contribution in [0.5, 0.6) is 0 Å². The summed E-state index contributed by atoms with van der Waals surface area (Å²) >= 11 is 0. The van der Waals surface area contributed by atoms with Crippen molar-refractivity contribution in [3.63, 3.8) is 0 Å². The van der Waals surface area contributed by atoms with Crippen LogP contribution in [0.15, 0.2) is 16.8 Å². The second kappa shape index (κ2) is 7.75. The molecular formula is C24H40N2O2. The van der Waals surface area contributed by atoms with Crippen LogP contribution in [0.3, 0.4) is 0 Å². The molecule has 0 heterocycles. The Morgan fingerprint density at radius 1 is 1.25 bits per heavy atom. The summed E-state index contributed by atoms with van der Waals surface area (Å²) < 4.78 is 0. The van der Waals surface area contributed by atoms with Crippen molar-refractivity contribution in [3.8, 4) is 0 Å². The van der Waals surface area contributed by atoms with E-state index in [1.165, 1.54) is 44.1 Å². The molecule has 1 unspecified atom stereocenters. The molecule has 158 valence electrons. The first-order chi connectivity index (χ1) is 13.3. The van der Waals surface area contributed by atoms with Gasteiger partial charge in [-0.1, -0.05) is 37.1 Å². The Bertz CT molecular complexity index is 630. The first kappa shape index (κ1) is 20.4. The summed E-state index contributed by atoms with van der Waals surface area (Å²) in [6, 6.07) is 0. The van der Waals surface area contributed by atoms with Crippen LogP contribution in [0, 0.1) is 34.5 Å². The lowest BCUT2D eigenvalue weighted by molar-refractivity contribution is -0.0492. The first-order valence-electron chi connectivity index (χ1n) is 11.5. The molecule has 3 fully saturated rings. The predicted octanol–water partition coefficient (Wildman–Crippen LogP) is 4.49. The number of fused-ring (bicyclic) bond motifs is 5. The van der Waals surface area contributed by atoms with Crippen LogP contribution in [-0.4, -0.2) is 49.6 Å². The van der Waals surface area contributed by atoms with Gasteiger partial charge in [0.15, 0.2) is 0 Å². The van der Waals surface area contributed by atoms with Gasteiger partial charge in [0.05, 0.1) is 6.10 Å². The van der Waals surface area contributed by atoms with Crippen LogP contribution in [-0.2, 0) is 4.84 Å². The third-order valence-electron chi connectivity index (χ3n) is 9.01. The predicted molar refractivity (Wildman–Crippen MR) is 114 cm³/mol. The highest BCUT2D eigenvalue weighted by Gasteiger charge is 2.58. The molecule has 3 saturated carbocycles. The van der Waals surface area contributed by atoms with Crippen molar-refractivity contribution in [2.24, 2.45) is 39.7 Å². The van der Waals surface area contributed by atoms with E-state index in [1.807, 2.05) is 20.3 Å². The number of nitrogens with zero attached hydrogens (tertiary/aromatic N) is 2. The fourth-order valence-corrected chi connectivity index (χ4v) is 7.39. The molecule has 0 aliphatic heterocycles. The van der Waals surface area contributed by atoms with E-state index in [-0.39, 0.29) is 17.4 Å². The molecule has 4 rings (SSSR count). The second-order valence-corrected chi connectivity index (χ2v) is 10.8. The molecule has 0 radical (unpaired) electrons. The average Bonchev–Trinajstić information content (AvgIpc) is 3.04. The lowest BCUT2D eigenvalue weighted by Crippen LogP contribution is -2.53. The molecule has 0 bridgehead atoms. The molecule has 0 spiro atoms. The van der Waals surface area contributed by atoms with Crippen molar-refractivity contribution in [1.82, 2.24) is 4.90 Å². The van der Waals surface area contributed by atoms with Crippen LogP contribution in [0.2, 0.25) is 0 Å². The summed E-state index contributed by atoms with van der Waals surface area (Å²) in [5, 5.41) is 14.9. The quantitative estimate of drug-likeness (QED) is 0.327. The Morgan fingerprint density at radius 2 is 2.07 bits per heavy atom. The van der Waals surface area contributed by atoms with Crippen molar-refractivity contribution in [1.29, 1.82) is 0 Å². The number of allylic oxidation sites excluding steroid dienone is 1. The number of hydrogen-bond acceptors (Lipinski definition) is 4. The van der Waals surface area contributed by atoms with Crippen molar-refractivity contribution in [2.75, 3.05) is 27.2 Å². The number of aliphatic hydroxyl groups is 1. The van der Waals surface area contributed by atoms with E-state index in [2.05, 4.69) is 30.0 Å². The largest absolute Gasteiger partial charge is 0.395 e. The maximum Gasteiger partial charge on any atom is 0.129 e. The average molecular weight is 389 g/mol. The Kier molecular flexibility index (Phi) is 5.65. The molecule has 7 atom stereocenters. The summed E-state index contributed by atoms with van der Waals surface area (Å²) in [6.45, 7) is 6.53. The Hall–Kier alpha value is -0.870. The van der Waals surface area contributed by atoms with Gasteiger partial charge in [-0.15, -0.1) is 0 Å². The summed E-state index contributed by atoms with van der Waals surface area (Å²) in [5.41, 5.74) is 2.22. The highest BCUT2D eigenvalue weighted by molar-refractivity contribution is 5.63. The Balaban J connectivity index is 1.56. The van der Waals surface area contributed by atoms with Gasteiger partial charge in [0.1, 0.15) is 6.61 Å². The second-order valence-electron chi connectivity index (χ2n) is 10.8. The minimum absolute atomic E-state index is 0.139. The van der Waals surface area contributed by atoms with Crippen LogP contribution in [0.25, 0.3) is 0 Å². The normalized spacial score (nSPS) is 45.5. The molecule has 4 nitrogen and oxygen atoms in total. The molecule has 0 aromatic carbocycles. The highest BCUT2D eigenvalue weighted by Crippen LogP contribution is 2.65. The zero-order chi connectivity index (χ0) is 19.9. The molecule has 4 aliphatic carbocycles. The van der Waals surface area contributed by atoms with Gasteiger partial charge in [-0.2, -0.15) is 0 Å². The Morgan fingerprint density at radius 3 is 2.86 bits per heavy atom. The van der Waals surface area contributed by atoms with Crippen molar-refractivity contribution in [2.45, 2.75) is 71.3 Å². The maximum atomic E-state index is 10.5. The third kappa shape index (κ3) is 3.45. The van der Waals surface area contributed by atoms with Crippen molar-refractivity contribution in [3.05, 3.63) is 11.6 Å². The number of oxime groups is 1. The van der Waals surface area contributed by atoms with Crippen LogP contribution in [0.1, 0.15) is 65.2 Å². The van der Waals surface area contributed by atoms with E-state index in [1.54, 1.807) is 0 Å². The van der Waals surface area contributed by atoms with Gasteiger partial charge in [0, 0.05) is 18.7 Å². The monoisotopic (exact) mass is 388 g/mol. The molecule has 4 heteroatoms. The number of rotatable bonds is 5. The number of hydrogen-bond donors (Lipinski definition) is 1. The van der Waals surface area contributed by atoms with Crippen LogP contribution >= 0.6 is 0 Å². The smallest absolute Gasteiger partial charge is 0.129 e. The van der Waals surface area contributed by atoms with Crippen molar-refractivity contribution < 1.29 is 9.94 Å². The molecule has 1 N–H and O–H groups in total. The fraction of sp³-hybridized carbons (Fsp3) is 0.875. The van der Waals surface area contributed by atoms with Gasteiger partial charge in [0.2, 0.25) is 0 Å². The van der Waals surface area contributed by atoms with E-state index < -0.39 is 0 Å². The zero-order valence-electron chi connectivity index (χ0n) is 18.4. The van der Waals surface area contributed by atoms with Crippen molar-refractivity contribution >= 4 is 6.21 Å². The topological polar surface area (TPSA) is 45.1 Å². The third-order valence-corrected chi connectivity index (χ3v) is 9.01. The van der Waals surface area contributed by atoms with Crippen LogP contribution in [0.4, 0.5) is 0 Å². The lowest BCUT2D eigenvalue weighted by atomic mass is 9.46. The first-order valence-corrected chi connectivity index (χ1v) is 11.5. The van der Waals surface area contributed by atoms with Gasteiger partial charge in [-0.3, -0.25) is 0 Å². The molecule has 28 heavy (non-hydrogen) atoms. The van der Waals surface area contributed by atoms with Gasteiger partial charge < -0.3 is 14.8 Å². The highest BCUT2D eigenvalue weighted by atomic mass is 16.6. The van der Waals surface area contributed by atoms with Gasteiger partial charge in [-0.25, -0.2) is 0 Å². The van der Waals surface area contributed by atoms with E-state index in [4.69, 9.17) is 4.84 Å². The summed E-state index contributed by atoms with van der Waals surface area (Å²) in [6.07, 6.45) is 14.2. The summed E-state index contributed by atoms with van der Waals surface area (Å²) in [5.74, 6) is 2.72. The minimum Gasteiger partial charge on any atom is -0.395 e. The van der Waals surface area contributed by atoms with E-state index in [0.717, 1.165) is 37.1 Å². The zero-order valence-corrected chi connectivity index (χ0v) is 18.4. The fourth-order valence-electron chi connectivity index (χ4n) is 7.39. The molecular weight excluding hydrogens is 348 g/mol. The molecule has 0 aromatic rings. The summed E-state index contributed by atoms with van der Waals surface area (Å²) in [4.78, 5) is 7.66. The van der Waals surface area contributed by atoms with Gasteiger partial charge >= 0.3 is 0 Å². The standard InChI is InChI=1S/C24H40N2O2/c1-23-10-5-6-21(23)20-8-7-17-14-19(27)15-18(16-25-28-13-12-26(3)4)24(17,2)22(20)9-11-23/h7,16,18-22,27H,5-6,8-15H2,1-4H3/b25-16+/t18?,19-,20+,21+,22+,23+,24-/m1/s1. The minimum atomic E-state index is -0.241. The van der Waals surface area contributed by atoms with Crippen LogP contribution < -0.4 is 0 Å². The van der Waals surface area contributed by atoms with Gasteiger partial charge in [0.25, 0.3) is 0 Å². The lowest BCUT2D eigenvalue weighted by Gasteiger charge is -2.59. The number of likely N-dealkylation sites (N-methyl/N-ethyl adjacent to an activating group) is 1. The molecule has 0 amide bonds. The van der Waals surface area contributed by atoms with E-state index in [0.29, 0.717) is 12.0 Å². The number of aliphatic hydroxyl groups excluding tert-OH is 1. The molecule has 0 aromatic heterocycles. The maximum absolute atomic E-state index is 10.5. The molecule has 4 aliphatic rings. The summed E-state index contributed by atoms with van der Waals surface area (Å²) in [7, 11) is 4.09. The Labute approximate surface area is 171 Å². The van der Waals surface area contributed by atoms with E-state index in [9.17, 15) is 5.11 Å². The molecule has 0 saturated heterocycles. The SMILES string of the molecule is CN(C)CCO/N=C/C1C[C@H](O)CC2=CC[C@H]3[C@@H]4CCC[C@@]4(C)CC[C@@H]3[C@]21C. The van der Waals surface area contributed by atoms with Gasteiger partial charge in [-0.05, 0) is 87.6 Å². The van der Waals surface area contributed by atoms with E-state index >= 15 is 0 Å².